The molecule has 1 unspecified atom stereocenters. The number of hydrogen-bond acceptors (Lipinski definition) is 4. The third kappa shape index (κ3) is 3.69. The summed E-state index contributed by atoms with van der Waals surface area (Å²) in [5.41, 5.74) is 0.229. The van der Waals surface area contributed by atoms with E-state index in [1.54, 1.807) is 12.1 Å². The molecular formula is C15H22FNO3. The maximum Gasteiger partial charge on any atom is 0.132 e. The second-order valence-corrected chi connectivity index (χ2v) is 5.23. The first kappa shape index (κ1) is 15.2. The van der Waals surface area contributed by atoms with Gasteiger partial charge in [-0.1, -0.05) is 6.07 Å². The van der Waals surface area contributed by atoms with E-state index in [1.165, 1.54) is 13.2 Å². The lowest BCUT2D eigenvalue weighted by Crippen LogP contribution is -2.36. The first-order valence-corrected chi connectivity index (χ1v) is 7.02. The van der Waals surface area contributed by atoms with Crippen molar-refractivity contribution in [3.8, 4) is 5.75 Å². The molecule has 0 amide bonds. The van der Waals surface area contributed by atoms with Crippen LogP contribution in [0, 0.1) is 5.82 Å². The molecule has 1 aromatic carbocycles. The van der Waals surface area contributed by atoms with Crippen LogP contribution in [0.15, 0.2) is 18.2 Å². The lowest BCUT2D eigenvalue weighted by atomic mass is 10.0. The van der Waals surface area contributed by atoms with E-state index in [2.05, 4.69) is 4.90 Å². The van der Waals surface area contributed by atoms with Crippen LogP contribution in [0.3, 0.4) is 0 Å². The van der Waals surface area contributed by atoms with Gasteiger partial charge in [0.1, 0.15) is 11.6 Å². The van der Waals surface area contributed by atoms with E-state index in [0.29, 0.717) is 18.7 Å². The zero-order valence-electron chi connectivity index (χ0n) is 11.8. The Balaban J connectivity index is 1.93. The third-order valence-corrected chi connectivity index (χ3v) is 3.84. The molecule has 0 spiro atoms. The van der Waals surface area contributed by atoms with E-state index in [4.69, 9.17) is 4.74 Å². The number of piperidine rings is 1. The highest BCUT2D eigenvalue weighted by molar-refractivity contribution is 5.36. The molecule has 1 aliphatic heterocycles. The van der Waals surface area contributed by atoms with E-state index in [9.17, 15) is 14.6 Å². The molecule has 1 fully saturated rings. The van der Waals surface area contributed by atoms with Gasteiger partial charge in [0, 0.05) is 19.6 Å². The van der Waals surface area contributed by atoms with Crippen LogP contribution in [-0.2, 0) is 0 Å². The molecule has 112 valence electrons. The number of aliphatic hydroxyl groups is 2. The molecule has 0 aromatic heterocycles. The van der Waals surface area contributed by atoms with Gasteiger partial charge >= 0.3 is 0 Å². The van der Waals surface area contributed by atoms with E-state index in [-0.39, 0.29) is 11.7 Å². The van der Waals surface area contributed by atoms with Gasteiger partial charge in [0.2, 0.25) is 0 Å². The molecule has 5 heteroatoms. The predicted molar refractivity (Wildman–Crippen MR) is 74.2 cm³/mol. The maximum absolute atomic E-state index is 13.8. The number of nitrogens with zero attached hydrogens (tertiary/aromatic N) is 1. The Bertz CT molecular complexity index is 433. The van der Waals surface area contributed by atoms with Gasteiger partial charge < -0.3 is 19.8 Å². The number of likely N-dealkylation sites (tertiary alicyclic amines) is 1. The number of hydrogen-bond donors (Lipinski definition) is 2. The van der Waals surface area contributed by atoms with Crippen molar-refractivity contribution in [2.24, 2.45) is 0 Å². The van der Waals surface area contributed by atoms with Crippen molar-refractivity contribution in [3.05, 3.63) is 29.6 Å². The Kier molecular flexibility index (Phi) is 5.34. The lowest BCUT2D eigenvalue weighted by molar-refractivity contribution is 0.0703. The van der Waals surface area contributed by atoms with Crippen LogP contribution in [0.25, 0.3) is 0 Å². The Morgan fingerprint density at radius 3 is 2.75 bits per heavy atom. The Morgan fingerprint density at radius 2 is 2.10 bits per heavy atom. The Labute approximate surface area is 118 Å². The molecule has 4 nitrogen and oxygen atoms in total. The van der Waals surface area contributed by atoms with Gasteiger partial charge in [-0.15, -0.1) is 0 Å². The Hall–Kier alpha value is -1.17. The molecular weight excluding hydrogens is 261 g/mol. The molecule has 2 rings (SSSR count). The lowest BCUT2D eigenvalue weighted by Gasteiger charge is -2.30. The monoisotopic (exact) mass is 283 g/mol. The quantitative estimate of drug-likeness (QED) is 0.864. The summed E-state index contributed by atoms with van der Waals surface area (Å²) in [4.78, 5) is 2.18. The van der Waals surface area contributed by atoms with Crippen LogP contribution in [0.1, 0.15) is 30.9 Å². The summed E-state index contributed by atoms with van der Waals surface area (Å²) in [6.07, 6.45) is 0.895. The highest BCUT2D eigenvalue weighted by atomic mass is 19.1. The molecule has 1 saturated heterocycles. The second-order valence-electron chi connectivity index (χ2n) is 5.23. The van der Waals surface area contributed by atoms with Crippen LogP contribution < -0.4 is 4.74 Å². The minimum atomic E-state index is -0.877. The van der Waals surface area contributed by atoms with Crippen molar-refractivity contribution >= 4 is 0 Å². The van der Waals surface area contributed by atoms with Gasteiger partial charge in [0.05, 0.1) is 24.9 Å². The van der Waals surface area contributed by atoms with E-state index >= 15 is 0 Å². The third-order valence-electron chi connectivity index (χ3n) is 3.84. The number of benzene rings is 1. The summed E-state index contributed by atoms with van der Waals surface area (Å²) in [7, 11) is 1.47. The zero-order valence-corrected chi connectivity index (χ0v) is 11.8. The van der Waals surface area contributed by atoms with Crippen LogP contribution in [-0.4, -0.2) is 48.0 Å². The molecule has 0 saturated carbocycles. The topological polar surface area (TPSA) is 52.9 Å². The molecule has 0 radical (unpaired) electrons. The highest BCUT2D eigenvalue weighted by Gasteiger charge is 2.21. The van der Waals surface area contributed by atoms with Crippen molar-refractivity contribution in [3.63, 3.8) is 0 Å². The van der Waals surface area contributed by atoms with Gasteiger partial charge in [-0.3, -0.25) is 0 Å². The van der Waals surface area contributed by atoms with Crippen molar-refractivity contribution < 1.29 is 19.3 Å². The highest BCUT2D eigenvalue weighted by Crippen LogP contribution is 2.30. The first-order chi connectivity index (χ1) is 9.61. The van der Waals surface area contributed by atoms with Gasteiger partial charge in [-0.2, -0.15) is 0 Å². The fraction of sp³-hybridized carbons (Fsp3) is 0.600. The van der Waals surface area contributed by atoms with Crippen molar-refractivity contribution in [2.75, 3.05) is 26.7 Å². The Morgan fingerprint density at radius 1 is 1.40 bits per heavy atom. The minimum absolute atomic E-state index is 0.206. The molecule has 20 heavy (non-hydrogen) atoms. The number of aliphatic hydroxyl groups excluding tert-OH is 2. The average molecular weight is 283 g/mol. The largest absolute Gasteiger partial charge is 0.496 e. The van der Waals surface area contributed by atoms with E-state index in [0.717, 1.165) is 25.9 Å². The number of methoxy groups -OCH3 is 1. The first-order valence-electron chi connectivity index (χ1n) is 7.02. The minimum Gasteiger partial charge on any atom is -0.496 e. The van der Waals surface area contributed by atoms with E-state index in [1.807, 2.05) is 0 Å². The number of ether oxygens (including phenoxy) is 1. The van der Waals surface area contributed by atoms with Crippen LogP contribution in [0.2, 0.25) is 0 Å². The van der Waals surface area contributed by atoms with Crippen molar-refractivity contribution in [1.82, 2.24) is 4.90 Å². The van der Waals surface area contributed by atoms with Gasteiger partial charge in [-0.05, 0) is 31.4 Å². The molecule has 1 atom stereocenters. The fourth-order valence-corrected chi connectivity index (χ4v) is 2.61. The molecule has 0 aliphatic carbocycles. The zero-order chi connectivity index (χ0) is 14.5. The van der Waals surface area contributed by atoms with Gasteiger partial charge in [0.25, 0.3) is 0 Å². The second kappa shape index (κ2) is 7.02. The molecule has 1 aliphatic rings. The summed E-state index contributed by atoms with van der Waals surface area (Å²) in [5.74, 6) is -0.0579. The van der Waals surface area contributed by atoms with Crippen molar-refractivity contribution in [1.29, 1.82) is 0 Å². The fourth-order valence-electron chi connectivity index (χ4n) is 2.61. The van der Waals surface area contributed by atoms with Crippen LogP contribution >= 0.6 is 0 Å². The molecule has 2 N–H and O–H groups in total. The average Bonchev–Trinajstić information content (AvgIpc) is 2.46. The summed E-state index contributed by atoms with van der Waals surface area (Å²) in [6, 6.07) is 4.55. The van der Waals surface area contributed by atoms with E-state index < -0.39 is 11.9 Å². The predicted octanol–water partition coefficient (Wildman–Crippen LogP) is 1.71. The summed E-state index contributed by atoms with van der Waals surface area (Å²) in [5, 5.41) is 19.6. The summed E-state index contributed by atoms with van der Waals surface area (Å²) < 4.78 is 18.9. The maximum atomic E-state index is 13.8. The summed E-state index contributed by atoms with van der Waals surface area (Å²) in [6.45, 7) is 2.33. The molecule has 1 aromatic rings. The summed E-state index contributed by atoms with van der Waals surface area (Å²) >= 11 is 0. The molecule has 0 bridgehead atoms. The normalized spacial score (nSPS) is 19.0. The van der Waals surface area contributed by atoms with Gasteiger partial charge in [0.15, 0.2) is 0 Å². The van der Waals surface area contributed by atoms with Crippen molar-refractivity contribution in [2.45, 2.75) is 31.5 Å². The van der Waals surface area contributed by atoms with Crippen LogP contribution in [0.5, 0.6) is 5.75 Å². The smallest absolute Gasteiger partial charge is 0.132 e. The SMILES string of the molecule is COc1cccc(F)c1C(O)CCN1CCC(O)CC1. The standard InChI is InChI=1S/C15H22FNO3/c1-20-14-4-2-3-12(16)15(14)13(19)7-10-17-8-5-11(18)6-9-17/h2-4,11,13,18-19H,5-10H2,1H3. The van der Waals surface area contributed by atoms with Gasteiger partial charge in [-0.25, -0.2) is 4.39 Å². The molecule has 1 heterocycles. The number of halogens is 1. The number of rotatable bonds is 5. The van der Waals surface area contributed by atoms with Crippen LogP contribution in [0.4, 0.5) is 4.39 Å².